The van der Waals surface area contributed by atoms with E-state index in [4.69, 9.17) is 18.9 Å². The van der Waals surface area contributed by atoms with Gasteiger partial charge in [0.05, 0.1) is 27.9 Å². The van der Waals surface area contributed by atoms with Crippen LogP contribution in [0.2, 0.25) is 0 Å². The van der Waals surface area contributed by atoms with Gasteiger partial charge in [-0.1, -0.05) is 0 Å². The van der Waals surface area contributed by atoms with Crippen molar-refractivity contribution >= 4 is 11.6 Å². The Hall–Kier alpha value is -2.89. The molecule has 0 spiro atoms. The number of carbonyl (C=O) groups excluding carboxylic acids is 1. The van der Waals surface area contributed by atoms with Gasteiger partial charge in [-0.2, -0.15) is 0 Å². The predicted molar refractivity (Wildman–Crippen MR) is 89.7 cm³/mol. The molecule has 1 heterocycles. The van der Waals surface area contributed by atoms with Crippen LogP contribution in [0, 0.1) is 0 Å². The molecule has 1 N–H and O–H groups in total. The van der Waals surface area contributed by atoms with E-state index in [0.29, 0.717) is 35.1 Å². The van der Waals surface area contributed by atoms with Crippen LogP contribution < -0.4 is 24.3 Å². The fraction of sp³-hybridized carbons (Fsp3) is 0.278. The van der Waals surface area contributed by atoms with Crippen molar-refractivity contribution in [2.45, 2.75) is 6.42 Å². The summed E-state index contributed by atoms with van der Waals surface area (Å²) in [5.41, 5.74) is 2.19. The van der Waals surface area contributed by atoms with Gasteiger partial charge in [0.15, 0.2) is 11.5 Å². The third kappa shape index (κ3) is 2.95. The van der Waals surface area contributed by atoms with E-state index in [1.807, 2.05) is 12.1 Å². The Morgan fingerprint density at radius 3 is 2.38 bits per heavy atom. The molecule has 126 valence electrons. The van der Waals surface area contributed by atoms with Crippen LogP contribution in [0.3, 0.4) is 0 Å². The van der Waals surface area contributed by atoms with Gasteiger partial charge in [0, 0.05) is 29.8 Å². The smallest absolute Gasteiger partial charge is 0.255 e. The minimum absolute atomic E-state index is 0.209. The number of methoxy groups -OCH3 is 3. The van der Waals surface area contributed by atoms with E-state index in [1.165, 1.54) is 21.3 Å². The molecule has 0 atom stereocenters. The van der Waals surface area contributed by atoms with Gasteiger partial charge < -0.3 is 24.3 Å². The fourth-order valence-corrected chi connectivity index (χ4v) is 2.68. The molecule has 6 heteroatoms. The maximum absolute atomic E-state index is 12.5. The van der Waals surface area contributed by atoms with Crippen LogP contribution in [0.25, 0.3) is 0 Å². The monoisotopic (exact) mass is 329 g/mol. The molecule has 24 heavy (non-hydrogen) atoms. The van der Waals surface area contributed by atoms with Gasteiger partial charge in [0.25, 0.3) is 5.91 Å². The van der Waals surface area contributed by atoms with Crippen molar-refractivity contribution < 1.29 is 23.7 Å². The number of nitrogens with one attached hydrogen (secondary N) is 1. The van der Waals surface area contributed by atoms with E-state index in [2.05, 4.69) is 5.32 Å². The molecular formula is C18H19NO5. The Morgan fingerprint density at radius 2 is 1.75 bits per heavy atom. The number of benzene rings is 2. The summed E-state index contributed by atoms with van der Waals surface area (Å²) in [5, 5.41) is 2.85. The van der Waals surface area contributed by atoms with Crippen molar-refractivity contribution in [3.05, 3.63) is 41.5 Å². The van der Waals surface area contributed by atoms with Crippen LogP contribution in [-0.2, 0) is 6.42 Å². The maximum Gasteiger partial charge on any atom is 0.255 e. The van der Waals surface area contributed by atoms with Crippen LogP contribution in [0.1, 0.15) is 15.9 Å². The number of rotatable bonds is 5. The Morgan fingerprint density at radius 1 is 1.04 bits per heavy atom. The number of ether oxygens (including phenoxy) is 4. The van der Waals surface area contributed by atoms with Crippen molar-refractivity contribution in [2.24, 2.45) is 0 Å². The number of fused-ring (bicyclic) bond motifs is 1. The van der Waals surface area contributed by atoms with Gasteiger partial charge in [-0.3, -0.25) is 4.79 Å². The molecule has 0 fully saturated rings. The second-order valence-electron chi connectivity index (χ2n) is 5.29. The fourth-order valence-electron chi connectivity index (χ4n) is 2.68. The zero-order chi connectivity index (χ0) is 17.1. The molecule has 0 saturated heterocycles. The van der Waals surface area contributed by atoms with Crippen molar-refractivity contribution in [1.82, 2.24) is 0 Å². The minimum atomic E-state index is -0.209. The summed E-state index contributed by atoms with van der Waals surface area (Å²) in [7, 11) is 4.60. The Bertz CT molecular complexity index is 747. The number of carbonyl (C=O) groups is 1. The summed E-state index contributed by atoms with van der Waals surface area (Å²) >= 11 is 0. The number of amides is 1. The summed E-state index contributed by atoms with van der Waals surface area (Å²) in [5.74, 6) is 2.08. The SMILES string of the molecule is COc1cc(NC(=O)c2ccc3c(c2)CCO3)cc(OC)c1OC. The average Bonchev–Trinajstić information content (AvgIpc) is 3.08. The summed E-state index contributed by atoms with van der Waals surface area (Å²) in [6, 6.07) is 8.81. The molecule has 0 radical (unpaired) electrons. The standard InChI is InChI=1S/C18H19NO5/c1-21-15-9-13(10-16(22-2)17(15)23-3)19-18(20)12-4-5-14-11(8-12)6-7-24-14/h4-5,8-10H,6-7H2,1-3H3,(H,19,20). The van der Waals surface area contributed by atoms with Crippen LogP contribution in [0.4, 0.5) is 5.69 Å². The number of hydrogen-bond donors (Lipinski definition) is 1. The topological polar surface area (TPSA) is 66.0 Å². The van der Waals surface area contributed by atoms with E-state index in [9.17, 15) is 4.79 Å². The minimum Gasteiger partial charge on any atom is -0.493 e. The van der Waals surface area contributed by atoms with Crippen LogP contribution in [-0.4, -0.2) is 33.8 Å². The van der Waals surface area contributed by atoms with Gasteiger partial charge in [0.2, 0.25) is 5.75 Å². The molecule has 0 bridgehead atoms. The second kappa shape index (κ2) is 6.70. The highest BCUT2D eigenvalue weighted by Crippen LogP contribution is 2.40. The van der Waals surface area contributed by atoms with Crippen molar-refractivity contribution in [3.63, 3.8) is 0 Å². The zero-order valence-electron chi connectivity index (χ0n) is 13.8. The van der Waals surface area contributed by atoms with E-state index in [0.717, 1.165) is 17.7 Å². The third-order valence-corrected chi connectivity index (χ3v) is 3.87. The molecule has 6 nitrogen and oxygen atoms in total. The lowest BCUT2D eigenvalue weighted by atomic mass is 10.1. The van der Waals surface area contributed by atoms with Crippen LogP contribution in [0.15, 0.2) is 30.3 Å². The predicted octanol–water partition coefficient (Wildman–Crippen LogP) is 2.90. The Balaban J connectivity index is 1.86. The molecule has 1 aliphatic rings. The maximum atomic E-state index is 12.5. The van der Waals surface area contributed by atoms with Crippen LogP contribution >= 0.6 is 0 Å². The van der Waals surface area contributed by atoms with Crippen molar-refractivity contribution in [2.75, 3.05) is 33.3 Å². The van der Waals surface area contributed by atoms with E-state index in [-0.39, 0.29) is 5.91 Å². The molecule has 2 aromatic rings. The third-order valence-electron chi connectivity index (χ3n) is 3.87. The molecule has 0 unspecified atom stereocenters. The Labute approximate surface area is 140 Å². The summed E-state index contributed by atoms with van der Waals surface area (Å²) in [6.45, 7) is 0.660. The lowest BCUT2D eigenvalue weighted by molar-refractivity contribution is 0.102. The normalized spacial score (nSPS) is 12.1. The molecule has 3 rings (SSSR count). The summed E-state index contributed by atoms with van der Waals surface area (Å²) in [6.07, 6.45) is 0.820. The molecule has 1 amide bonds. The second-order valence-corrected chi connectivity index (χ2v) is 5.29. The molecular weight excluding hydrogens is 310 g/mol. The highest BCUT2D eigenvalue weighted by Gasteiger charge is 2.17. The zero-order valence-corrected chi connectivity index (χ0v) is 13.8. The largest absolute Gasteiger partial charge is 0.493 e. The van der Waals surface area contributed by atoms with Crippen molar-refractivity contribution in [3.8, 4) is 23.0 Å². The Kier molecular flexibility index (Phi) is 4.46. The first-order valence-electron chi connectivity index (χ1n) is 7.53. The highest BCUT2D eigenvalue weighted by atomic mass is 16.5. The average molecular weight is 329 g/mol. The lowest BCUT2D eigenvalue weighted by Crippen LogP contribution is -2.12. The first kappa shape index (κ1) is 16.0. The summed E-state index contributed by atoms with van der Waals surface area (Å²) < 4.78 is 21.3. The number of hydrogen-bond acceptors (Lipinski definition) is 5. The number of anilines is 1. The first-order valence-corrected chi connectivity index (χ1v) is 7.53. The quantitative estimate of drug-likeness (QED) is 0.914. The van der Waals surface area contributed by atoms with Gasteiger partial charge in [-0.15, -0.1) is 0 Å². The first-order chi connectivity index (χ1) is 11.7. The molecule has 0 aromatic heterocycles. The van der Waals surface area contributed by atoms with Gasteiger partial charge >= 0.3 is 0 Å². The lowest BCUT2D eigenvalue weighted by Gasteiger charge is -2.14. The molecule has 0 saturated carbocycles. The van der Waals surface area contributed by atoms with E-state index >= 15 is 0 Å². The van der Waals surface area contributed by atoms with E-state index < -0.39 is 0 Å². The molecule has 2 aromatic carbocycles. The van der Waals surface area contributed by atoms with E-state index in [1.54, 1.807) is 18.2 Å². The summed E-state index contributed by atoms with van der Waals surface area (Å²) in [4.78, 5) is 12.5. The van der Waals surface area contributed by atoms with Gasteiger partial charge in [0.1, 0.15) is 5.75 Å². The highest BCUT2D eigenvalue weighted by molar-refractivity contribution is 6.04. The molecule has 1 aliphatic heterocycles. The molecule has 0 aliphatic carbocycles. The van der Waals surface area contributed by atoms with Gasteiger partial charge in [-0.05, 0) is 23.8 Å². The van der Waals surface area contributed by atoms with Gasteiger partial charge in [-0.25, -0.2) is 0 Å². The van der Waals surface area contributed by atoms with Crippen molar-refractivity contribution in [1.29, 1.82) is 0 Å². The van der Waals surface area contributed by atoms with Crippen LogP contribution in [0.5, 0.6) is 23.0 Å².